The van der Waals surface area contributed by atoms with E-state index >= 15 is 0 Å². The normalized spacial score (nSPS) is 21.1. The van der Waals surface area contributed by atoms with E-state index in [1.54, 1.807) is 5.57 Å². The van der Waals surface area contributed by atoms with E-state index in [0.717, 1.165) is 6.42 Å². The van der Waals surface area contributed by atoms with Crippen LogP contribution in [0.4, 0.5) is 0 Å². The van der Waals surface area contributed by atoms with Crippen LogP contribution in [0.25, 0.3) is 16.3 Å². The minimum atomic E-state index is 0.529. The number of fused-ring (bicyclic) bond motifs is 2. The highest BCUT2D eigenvalue weighted by Crippen LogP contribution is 2.43. The lowest BCUT2D eigenvalue weighted by atomic mass is 9.92. The van der Waals surface area contributed by atoms with E-state index in [4.69, 9.17) is 0 Å². The topological polar surface area (TPSA) is 0 Å². The SMILES string of the molecule is CC1=CC2C(=CC=C2c2ccc3ccccc3c2)C1. The molecule has 0 radical (unpaired) electrons. The van der Waals surface area contributed by atoms with Crippen LogP contribution in [0, 0.1) is 5.92 Å². The van der Waals surface area contributed by atoms with Crippen molar-refractivity contribution in [3.05, 3.63) is 77.4 Å². The Kier molecular flexibility index (Phi) is 2.25. The molecule has 2 aliphatic rings. The van der Waals surface area contributed by atoms with Crippen LogP contribution in [-0.2, 0) is 0 Å². The fourth-order valence-electron chi connectivity index (χ4n) is 3.28. The van der Waals surface area contributed by atoms with Gasteiger partial charge in [-0.05, 0) is 41.3 Å². The van der Waals surface area contributed by atoms with Crippen molar-refractivity contribution in [3.8, 4) is 0 Å². The number of allylic oxidation sites excluding steroid dienone is 6. The lowest BCUT2D eigenvalue weighted by Crippen LogP contribution is -1.95. The monoisotopic (exact) mass is 244 g/mol. The van der Waals surface area contributed by atoms with Crippen molar-refractivity contribution >= 4 is 16.3 Å². The first kappa shape index (κ1) is 10.8. The smallest absolute Gasteiger partial charge is 0.0243 e. The highest BCUT2D eigenvalue weighted by atomic mass is 14.3. The molecule has 0 bridgehead atoms. The summed E-state index contributed by atoms with van der Waals surface area (Å²) in [4.78, 5) is 0. The van der Waals surface area contributed by atoms with E-state index in [9.17, 15) is 0 Å². The summed E-state index contributed by atoms with van der Waals surface area (Å²) in [5, 5.41) is 2.64. The molecular formula is C19H16. The third-order valence-corrected chi connectivity index (χ3v) is 4.23. The molecule has 0 N–H and O–H groups in total. The number of hydrogen-bond acceptors (Lipinski definition) is 0. The average molecular weight is 244 g/mol. The molecular weight excluding hydrogens is 228 g/mol. The van der Waals surface area contributed by atoms with Crippen LogP contribution in [0.2, 0.25) is 0 Å². The molecule has 0 nitrogen and oxygen atoms in total. The molecule has 0 saturated heterocycles. The van der Waals surface area contributed by atoms with Crippen molar-refractivity contribution in [3.63, 3.8) is 0 Å². The molecule has 0 heteroatoms. The van der Waals surface area contributed by atoms with E-state index in [1.165, 1.54) is 27.5 Å². The summed E-state index contributed by atoms with van der Waals surface area (Å²) in [6.07, 6.45) is 8.17. The predicted octanol–water partition coefficient (Wildman–Crippen LogP) is 5.13. The Balaban J connectivity index is 1.80. The first-order valence-electron chi connectivity index (χ1n) is 6.88. The molecule has 2 aliphatic carbocycles. The predicted molar refractivity (Wildman–Crippen MR) is 81.9 cm³/mol. The molecule has 0 amide bonds. The first-order chi connectivity index (χ1) is 9.31. The summed E-state index contributed by atoms with van der Waals surface area (Å²) in [6, 6.07) is 15.4. The maximum atomic E-state index is 2.42. The van der Waals surface area contributed by atoms with Gasteiger partial charge in [0, 0.05) is 5.92 Å². The second-order valence-electron chi connectivity index (χ2n) is 5.59. The van der Waals surface area contributed by atoms with Gasteiger partial charge in [-0.3, -0.25) is 0 Å². The molecule has 1 atom stereocenters. The Morgan fingerprint density at radius 2 is 1.79 bits per heavy atom. The second kappa shape index (κ2) is 3.96. The van der Waals surface area contributed by atoms with Gasteiger partial charge in [0.15, 0.2) is 0 Å². The summed E-state index contributed by atoms with van der Waals surface area (Å²) >= 11 is 0. The zero-order chi connectivity index (χ0) is 12.8. The van der Waals surface area contributed by atoms with Crippen molar-refractivity contribution < 1.29 is 0 Å². The van der Waals surface area contributed by atoms with E-state index in [0.29, 0.717) is 5.92 Å². The third-order valence-electron chi connectivity index (χ3n) is 4.23. The van der Waals surface area contributed by atoms with Gasteiger partial charge in [-0.1, -0.05) is 65.8 Å². The Morgan fingerprint density at radius 1 is 0.947 bits per heavy atom. The van der Waals surface area contributed by atoms with Gasteiger partial charge in [0.2, 0.25) is 0 Å². The molecule has 4 rings (SSSR count). The second-order valence-corrected chi connectivity index (χ2v) is 5.59. The summed E-state index contributed by atoms with van der Waals surface area (Å²) < 4.78 is 0. The summed E-state index contributed by atoms with van der Waals surface area (Å²) in [5.74, 6) is 0.529. The van der Waals surface area contributed by atoms with Crippen molar-refractivity contribution in [2.24, 2.45) is 5.92 Å². The number of hydrogen-bond donors (Lipinski definition) is 0. The fourth-order valence-corrected chi connectivity index (χ4v) is 3.28. The van der Waals surface area contributed by atoms with Crippen LogP contribution in [-0.4, -0.2) is 0 Å². The quantitative estimate of drug-likeness (QED) is 0.610. The van der Waals surface area contributed by atoms with Crippen LogP contribution in [0.15, 0.2) is 71.8 Å². The van der Waals surface area contributed by atoms with Gasteiger partial charge >= 0.3 is 0 Å². The van der Waals surface area contributed by atoms with Gasteiger partial charge in [-0.15, -0.1) is 0 Å². The van der Waals surface area contributed by atoms with Crippen LogP contribution < -0.4 is 0 Å². The third kappa shape index (κ3) is 1.67. The molecule has 1 unspecified atom stereocenters. The van der Waals surface area contributed by atoms with Crippen molar-refractivity contribution in [1.29, 1.82) is 0 Å². The molecule has 19 heavy (non-hydrogen) atoms. The minimum Gasteiger partial charge on any atom is -0.0737 e. The maximum absolute atomic E-state index is 2.42. The summed E-state index contributed by atoms with van der Waals surface area (Å²) in [7, 11) is 0. The van der Waals surface area contributed by atoms with Gasteiger partial charge in [0.25, 0.3) is 0 Å². The van der Waals surface area contributed by atoms with E-state index in [1.807, 2.05) is 0 Å². The lowest BCUT2D eigenvalue weighted by molar-refractivity contribution is 1.02. The molecule has 2 aromatic carbocycles. The van der Waals surface area contributed by atoms with Gasteiger partial charge in [0.1, 0.15) is 0 Å². The summed E-state index contributed by atoms with van der Waals surface area (Å²) in [5.41, 5.74) is 5.88. The zero-order valence-corrected chi connectivity index (χ0v) is 11.1. The molecule has 0 aromatic heterocycles. The Hall–Kier alpha value is -2.08. The van der Waals surface area contributed by atoms with E-state index < -0.39 is 0 Å². The molecule has 92 valence electrons. The highest BCUT2D eigenvalue weighted by Gasteiger charge is 2.26. The average Bonchev–Trinajstić information content (AvgIpc) is 2.97. The number of benzene rings is 2. The van der Waals surface area contributed by atoms with Crippen molar-refractivity contribution in [1.82, 2.24) is 0 Å². The van der Waals surface area contributed by atoms with E-state index in [2.05, 4.69) is 67.6 Å². The van der Waals surface area contributed by atoms with Gasteiger partial charge in [0.05, 0.1) is 0 Å². The Bertz CT molecular complexity index is 756. The van der Waals surface area contributed by atoms with Gasteiger partial charge in [-0.2, -0.15) is 0 Å². The highest BCUT2D eigenvalue weighted by molar-refractivity contribution is 5.88. The summed E-state index contributed by atoms with van der Waals surface area (Å²) in [6.45, 7) is 2.23. The molecule has 0 spiro atoms. The lowest BCUT2D eigenvalue weighted by Gasteiger charge is -2.12. The standard InChI is InChI=1S/C19H16/c1-13-10-16-8-9-18(19(16)11-13)17-7-6-14-4-2-3-5-15(14)12-17/h2-9,11-12,19H,10H2,1H3. The van der Waals surface area contributed by atoms with E-state index in [-0.39, 0.29) is 0 Å². The minimum absolute atomic E-state index is 0.529. The maximum Gasteiger partial charge on any atom is 0.0243 e. The first-order valence-corrected chi connectivity index (χ1v) is 6.88. The van der Waals surface area contributed by atoms with Crippen LogP contribution in [0.3, 0.4) is 0 Å². The largest absolute Gasteiger partial charge is 0.0737 e. The van der Waals surface area contributed by atoms with Crippen molar-refractivity contribution in [2.45, 2.75) is 13.3 Å². The number of rotatable bonds is 1. The molecule has 2 aromatic rings. The van der Waals surface area contributed by atoms with Crippen LogP contribution >= 0.6 is 0 Å². The van der Waals surface area contributed by atoms with Crippen molar-refractivity contribution in [2.75, 3.05) is 0 Å². The van der Waals surface area contributed by atoms with Crippen LogP contribution in [0.5, 0.6) is 0 Å². The molecule has 0 heterocycles. The molecule has 0 aliphatic heterocycles. The Morgan fingerprint density at radius 3 is 2.68 bits per heavy atom. The molecule has 0 fully saturated rings. The van der Waals surface area contributed by atoms with Gasteiger partial charge < -0.3 is 0 Å². The van der Waals surface area contributed by atoms with Gasteiger partial charge in [-0.25, -0.2) is 0 Å². The molecule has 0 saturated carbocycles. The fraction of sp³-hybridized carbons (Fsp3) is 0.158. The Labute approximate surface area is 113 Å². The van der Waals surface area contributed by atoms with Crippen LogP contribution in [0.1, 0.15) is 18.9 Å². The zero-order valence-electron chi connectivity index (χ0n) is 11.1.